The van der Waals surface area contributed by atoms with Gasteiger partial charge in [0.05, 0.1) is 34.5 Å². The average Bonchev–Trinajstić information content (AvgIpc) is 3.28. The fourth-order valence-electron chi connectivity index (χ4n) is 3.04. The van der Waals surface area contributed by atoms with E-state index in [1.165, 1.54) is 0 Å². The summed E-state index contributed by atoms with van der Waals surface area (Å²) in [4.78, 5) is 0. The smallest absolute Gasteiger partial charge is 0.0968 e. The van der Waals surface area contributed by atoms with Gasteiger partial charge >= 0.3 is 0 Å². The Bertz CT molecular complexity index is 1150. The van der Waals surface area contributed by atoms with Crippen LogP contribution in [-0.2, 0) is 14.1 Å². The zero-order valence-electron chi connectivity index (χ0n) is 15.4. The normalized spacial score (nSPS) is 11.3. The second-order valence-corrected chi connectivity index (χ2v) is 7.30. The summed E-state index contributed by atoms with van der Waals surface area (Å²) in [6.45, 7) is 4.05. The fraction of sp³-hybridized carbons (Fsp3) is 0.211. The van der Waals surface area contributed by atoms with Crippen LogP contribution in [0.25, 0.3) is 28.2 Å². The van der Waals surface area contributed by atoms with E-state index >= 15 is 0 Å². The molecule has 0 spiro atoms. The van der Waals surface area contributed by atoms with Crippen LogP contribution in [0.3, 0.4) is 0 Å². The molecule has 0 fully saturated rings. The molecule has 8 heteroatoms. The van der Waals surface area contributed by atoms with Crippen LogP contribution < -0.4 is 0 Å². The van der Waals surface area contributed by atoms with Crippen molar-refractivity contribution in [3.63, 3.8) is 0 Å². The number of nitrogens with zero attached hydrogens (tertiary/aromatic N) is 6. The Hall–Kier alpha value is -2.57. The molecule has 6 nitrogen and oxygen atoms in total. The van der Waals surface area contributed by atoms with Crippen molar-refractivity contribution < 1.29 is 0 Å². The maximum absolute atomic E-state index is 6.48. The molecule has 4 aromatic rings. The zero-order chi connectivity index (χ0) is 19.3. The van der Waals surface area contributed by atoms with Gasteiger partial charge in [-0.3, -0.25) is 9.36 Å². The van der Waals surface area contributed by atoms with Gasteiger partial charge in [-0.05, 0) is 38.1 Å². The highest BCUT2D eigenvalue weighted by Gasteiger charge is 2.20. The number of benzene rings is 1. The monoisotopic (exact) mass is 400 g/mol. The molecule has 0 saturated heterocycles. The van der Waals surface area contributed by atoms with E-state index in [2.05, 4.69) is 10.2 Å². The molecule has 0 aliphatic heterocycles. The molecule has 0 radical (unpaired) electrons. The summed E-state index contributed by atoms with van der Waals surface area (Å²) in [6, 6.07) is 7.43. The first-order valence-corrected chi connectivity index (χ1v) is 9.16. The second kappa shape index (κ2) is 6.55. The van der Waals surface area contributed by atoms with Crippen molar-refractivity contribution in [2.24, 2.45) is 14.1 Å². The summed E-state index contributed by atoms with van der Waals surface area (Å²) in [5.41, 5.74) is 6.53. The lowest BCUT2D eigenvalue weighted by Crippen LogP contribution is -2.01. The first-order valence-electron chi connectivity index (χ1n) is 8.40. The number of hydrogen-bond acceptors (Lipinski definition) is 3. The van der Waals surface area contributed by atoms with E-state index in [1.807, 2.05) is 66.5 Å². The van der Waals surface area contributed by atoms with Crippen LogP contribution in [0.5, 0.6) is 0 Å². The van der Waals surface area contributed by atoms with Gasteiger partial charge in [0.15, 0.2) is 0 Å². The maximum atomic E-state index is 6.48. The molecule has 0 atom stereocenters. The van der Waals surface area contributed by atoms with E-state index in [0.29, 0.717) is 10.0 Å². The predicted octanol–water partition coefficient (Wildman–Crippen LogP) is 4.60. The Kier molecular flexibility index (Phi) is 4.32. The third kappa shape index (κ3) is 2.95. The van der Waals surface area contributed by atoms with E-state index in [0.717, 1.165) is 39.6 Å². The van der Waals surface area contributed by atoms with E-state index in [1.54, 1.807) is 12.1 Å². The van der Waals surface area contributed by atoms with Crippen molar-refractivity contribution in [2.75, 3.05) is 0 Å². The maximum Gasteiger partial charge on any atom is 0.0968 e. The Morgan fingerprint density at radius 1 is 0.852 bits per heavy atom. The Labute approximate surface area is 166 Å². The lowest BCUT2D eigenvalue weighted by molar-refractivity contribution is 0.740. The summed E-state index contributed by atoms with van der Waals surface area (Å²) in [7, 11) is 3.83. The first-order chi connectivity index (χ1) is 12.9. The molecule has 0 aliphatic carbocycles. The topological polar surface area (TPSA) is 53.5 Å². The van der Waals surface area contributed by atoms with Crippen LogP contribution in [0.15, 0.2) is 36.7 Å². The summed E-state index contributed by atoms with van der Waals surface area (Å²) >= 11 is 12.6. The van der Waals surface area contributed by atoms with Gasteiger partial charge in [0.25, 0.3) is 0 Å². The Morgan fingerprint density at radius 2 is 1.48 bits per heavy atom. The molecule has 138 valence electrons. The van der Waals surface area contributed by atoms with E-state index in [-0.39, 0.29) is 0 Å². The third-order valence-corrected chi connectivity index (χ3v) is 5.41. The first kappa shape index (κ1) is 17.8. The molecule has 27 heavy (non-hydrogen) atoms. The lowest BCUT2D eigenvalue weighted by atomic mass is 10.1. The minimum absolute atomic E-state index is 0.530. The number of hydrogen-bond donors (Lipinski definition) is 0. The van der Waals surface area contributed by atoms with E-state index in [9.17, 15) is 0 Å². The van der Waals surface area contributed by atoms with Crippen LogP contribution in [0.2, 0.25) is 10.0 Å². The summed E-state index contributed by atoms with van der Waals surface area (Å²) in [5, 5.41) is 14.7. The third-order valence-electron chi connectivity index (χ3n) is 4.87. The van der Waals surface area contributed by atoms with Crippen molar-refractivity contribution >= 4 is 23.2 Å². The van der Waals surface area contributed by atoms with E-state index in [4.69, 9.17) is 28.3 Å². The quantitative estimate of drug-likeness (QED) is 0.504. The van der Waals surface area contributed by atoms with Crippen molar-refractivity contribution in [1.82, 2.24) is 29.3 Å². The van der Waals surface area contributed by atoms with Gasteiger partial charge in [-0.2, -0.15) is 15.3 Å². The molecule has 0 amide bonds. The van der Waals surface area contributed by atoms with Crippen molar-refractivity contribution in [2.45, 2.75) is 13.8 Å². The highest BCUT2D eigenvalue weighted by molar-refractivity contribution is 6.35. The average molecular weight is 401 g/mol. The van der Waals surface area contributed by atoms with Gasteiger partial charge < -0.3 is 0 Å². The van der Waals surface area contributed by atoms with Gasteiger partial charge in [-0.1, -0.05) is 23.2 Å². The number of halogens is 2. The zero-order valence-corrected chi connectivity index (χ0v) is 16.9. The molecule has 3 aromatic heterocycles. The number of rotatable bonds is 3. The van der Waals surface area contributed by atoms with Gasteiger partial charge in [-0.15, -0.1) is 0 Å². The highest BCUT2D eigenvalue weighted by atomic mass is 35.5. The van der Waals surface area contributed by atoms with Crippen molar-refractivity contribution in [3.8, 4) is 28.2 Å². The molecule has 4 rings (SSSR count). The SMILES string of the molecule is Cc1c(-c2cc(-c3cnn(C)c3C)n(-c3ccc(Cl)cc3Cl)n2)cnn1C. The molecule has 0 saturated carbocycles. The highest BCUT2D eigenvalue weighted by Crippen LogP contribution is 2.34. The summed E-state index contributed by atoms with van der Waals surface area (Å²) < 4.78 is 5.51. The van der Waals surface area contributed by atoms with Crippen LogP contribution >= 0.6 is 23.2 Å². The van der Waals surface area contributed by atoms with E-state index < -0.39 is 0 Å². The van der Waals surface area contributed by atoms with Crippen LogP contribution in [0, 0.1) is 13.8 Å². The van der Waals surface area contributed by atoms with Crippen molar-refractivity contribution in [3.05, 3.63) is 58.1 Å². The Morgan fingerprint density at radius 3 is 2.04 bits per heavy atom. The molecule has 0 N–H and O–H groups in total. The minimum Gasteiger partial charge on any atom is -0.272 e. The van der Waals surface area contributed by atoms with Gasteiger partial charge in [0.1, 0.15) is 0 Å². The minimum atomic E-state index is 0.530. The van der Waals surface area contributed by atoms with Crippen LogP contribution in [0.1, 0.15) is 11.4 Å². The largest absolute Gasteiger partial charge is 0.272 e. The molecular formula is C19H18Cl2N6. The molecule has 1 aromatic carbocycles. The second-order valence-electron chi connectivity index (χ2n) is 6.46. The molecule has 0 unspecified atom stereocenters. The lowest BCUT2D eigenvalue weighted by Gasteiger charge is -2.09. The van der Waals surface area contributed by atoms with Gasteiger partial charge in [0.2, 0.25) is 0 Å². The predicted molar refractivity (Wildman–Crippen MR) is 107 cm³/mol. The Balaban J connectivity index is 1.98. The molecule has 0 aliphatic rings. The molecular weight excluding hydrogens is 383 g/mol. The van der Waals surface area contributed by atoms with Crippen LogP contribution in [0.4, 0.5) is 0 Å². The standard InChI is InChI=1S/C19H18Cl2N6/c1-11-14(9-22-25(11)3)17-8-19(15-10-23-26(4)12(15)2)27(24-17)18-6-5-13(20)7-16(18)21/h5-10H,1-4H3. The van der Waals surface area contributed by atoms with Gasteiger partial charge in [-0.25, -0.2) is 4.68 Å². The van der Waals surface area contributed by atoms with Crippen molar-refractivity contribution in [1.29, 1.82) is 0 Å². The number of aryl methyl sites for hydroxylation is 2. The van der Waals surface area contributed by atoms with Gasteiger partial charge in [0, 0.05) is 41.6 Å². The summed E-state index contributed by atoms with van der Waals surface area (Å²) in [5.74, 6) is 0. The molecule has 0 bridgehead atoms. The number of aromatic nitrogens is 6. The summed E-state index contributed by atoms with van der Waals surface area (Å²) in [6.07, 6.45) is 3.66. The molecule has 3 heterocycles. The van der Waals surface area contributed by atoms with Crippen LogP contribution in [-0.4, -0.2) is 29.3 Å². The fourth-order valence-corrected chi connectivity index (χ4v) is 3.53.